The second-order valence-electron chi connectivity index (χ2n) is 15.1. The lowest BCUT2D eigenvalue weighted by Crippen LogP contribution is -2.00. The van der Waals surface area contributed by atoms with Gasteiger partial charge in [-0.25, -0.2) is 15.0 Å². The number of fused-ring (bicyclic) bond motifs is 8. The number of benzene rings is 9. The minimum atomic E-state index is 0.640. The van der Waals surface area contributed by atoms with Gasteiger partial charge in [0.1, 0.15) is 11.2 Å². The Hall–Kier alpha value is -7.73. The van der Waals surface area contributed by atoms with E-state index >= 15 is 0 Å². The highest BCUT2D eigenvalue weighted by molar-refractivity contribution is 7.26. The summed E-state index contributed by atoms with van der Waals surface area (Å²) in [5.74, 6) is 1.94. The molecule has 0 aliphatic rings. The third-order valence-corrected chi connectivity index (χ3v) is 12.8. The lowest BCUT2D eigenvalue weighted by atomic mass is 9.92. The minimum Gasteiger partial charge on any atom is -0.455 e. The molecule has 0 atom stereocenters. The fraction of sp³-hybridized carbons (Fsp3) is 0. The number of thiophene rings is 1. The largest absolute Gasteiger partial charge is 0.455 e. The van der Waals surface area contributed by atoms with E-state index in [0.29, 0.717) is 17.5 Å². The zero-order valence-electron chi connectivity index (χ0n) is 32.2. The van der Waals surface area contributed by atoms with E-state index in [4.69, 9.17) is 19.4 Å². The summed E-state index contributed by atoms with van der Waals surface area (Å²) in [4.78, 5) is 14.7. The van der Waals surface area contributed by atoms with Crippen molar-refractivity contribution in [3.05, 3.63) is 200 Å². The summed E-state index contributed by atoms with van der Waals surface area (Å²) in [6.07, 6.45) is 0. The Kier molecular flexibility index (Phi) is 8.00. The van der Waals surface area contributed by atoms with Gasteiger partial charge in [0, 0.05) is 58.6 Å². The smallest absolute Gasteiger partial charge is 0.164 e. The molecule has 0 bridgehead atoms. The molecule has 0 saturated heterocycles. The normalized spacial score (nSPS) is 11.7. The van der Waals surface area contributed by atoms with E-state index in [-0.39, 0.29) is 0 Å². The van der Waals surface area contributed by atoms with Crippen molar-refractivity contribution in [2.75, 3.05) is 0 Å². The number of hydrogen-bond donors (Lipinski definition) is 0. The second-order valence-corrected chi connectivity index (χ2v) is 16.2. The van der Waals surface area contributed by atoms with Gasteiger partial charge in [-0.05, 0) is 51.4 Å². The van der Waals surface area contributed by atoms with Crippen LogP contribution in [0.1, 0.15) is 0 Å². The molecule has 3 heterocycles. The molecule has 0 N–H and O–H groups in total. The van der Waals surface area contributed by atoms with Crippen LogP contribution >= 0.6 is 11.3 Å². The molecule has 0 aliphatic carbocycles. The number of nitrogens with zero attached hydrogens (tertiary/aromatic N) is 3. The van der Waals surface area contributed by atoms with Gasteiger partial charge in [-0.15, -0.1) is 11.3 Å². The van der Waals surface area contributed by atoms with Crippen LogP contribution in [-0.2, 0) is 0 Å². The van der Waals surface area contributed by atoms with Crippen LogP contribution in [0.3, 0.4) is 0 Å². The van der Waals surface area contributed by atoms with Gasteiger partial charge in [0.2, 0.25) is 0 Å². The van der Waals surface area contributed by atoms with Crippen molar-refractivity contribution in [1.82, 2.24) is 15.0 Å². The van der Waals surface area contributed by atoms with Gasteiger partial charge in [0.25, 0.3) is 0 Å². The van der Waals surface area contributed by atoms with Crippen molar-refractivity contribution in [3.8, 4) is 67.5 Å². The first kappa shape index (κ1) is 34.3. The summed E-state index contributed by atoms with van der Waals surface area (Å²) < 4.78 is 9.36. The maximum atomic E-state index is 6.75. The van der Waals surface area contributed by atoms with Crippen molar-refractivity contribution >= 4 is 64.2 Å². The standard InChI is InChI=1S/C55H33N3OS/c1-3-13-37(14-4-1)53-56-54(38-15-5-2-6-16-38)58-55(57-53)39-31-27-35(28-32-39)34-25-29-36(30-26-34)40-20-12-23-48-50(40)47-33-46(41-17-7-8-19-43(41)51(47)59-48)45-22-11-21-44-42-18-9-10-24-49(42)60-52(44)45/h1-33H. The van der Waals surface area contributed by atoms with Gasteiger partial charge in [0.15, 0.2) is 17.5 Å². The van der Waals surface area contributed by atoms with Crippen LogP contribution in [0.4, 0.5) is 0 Å². The van der Waals surface area contributed by atoms with Crippen LogP contribution in [0.15, 0.2) is 205 Å². The van der Waals surface area contributed by atoms with Crippen molar-refractivity contribution in [1.29, 1.82) is 0 Å². The van der Waals surface area contributed by atoms with Crippen LogP contribution in [0.5, 0.6) is 0 Å². The molecule has 0 amide bonds. The third kappa shape index (κ3) is 5.70. The van der Waals surface area contributed by atoms with Gasteiger partial charge in [-0.1, -0.05) is 182 Å². The van der Waals surface area contributed by atoms with E-state index < -0.39 is 0 Å². The van der Waals surface area contributed by atoms with E-state index in [1.165, 1.54) is 36.7 Å². The van der Waals surface area contributed by atoms with E-state index in [9.17, 15) is 0 Å². The summed E-state index contributed by atoms with van der Waals surface area (Å²) in [6.45, 7) is 0. The Morgan fingerprint density at radius 2 is 0.833 bits per heavy atom. The third-order valence-electron chi connectivity index (χ3n) is 11.6. The summed E-state index contributed by atoms with van der Waals surface area (Å²) in [6, 6.07) is 70.3. The summed E-state index contributed by atoms with van der Waals surface area (Å²) in [5.41, 5.74) is 11.6. The summed E-state index contributed by atoms with van der Waals surface area (Å²) in [7, 11) is 0. The van der Waals surface area contributed by atoms with E-state index in [1.807, 2.05) is 72.0 Å². The number of rotatable bonds is 6. The zero-order chi connectivity index (χ0) is 39.6. The van der Waals surface area contributed by atoms with Crippen molar-refractivity contribution in [2.45, 2.75) is 0 Å². The molecule has 60 heavy (non-hydrogen) atoms. The molecule has 12 rings (SSSR count). The van der Waals surface area contributed by atoms with Crippen LogP contribution in [0, 0.1) is 0 Å². The van der Waals surface area contributed by atoms with Gasteiger partial charge in [0.05, 0.1) is 0 Å². The molecule has 12 aromatic rings. The van der Waals surface area contributed by atoms with Gasteiger partial charge >= 0.3 is 0 Å². The fourth-order valence-electron chi connectivity index (χ4n) is 8.66. The number of furan rings is 1. The van der Waals surface area contributed by atoms with Crippen LogP contribution < -0.4 is 0 Å². The molecule has 9 aromatic carbocycles. The molecular formula is C55H33N3OS. The topological polar surface area (TPSA) is 51.8 Å². The molecule has 0 aliphatic heterocycles. The molecule has 4 nitrogen and oxygen atoms in total. The van der Waals surface area contributed by atoms with Crippen LogP contribution in [0.2, 0.25) is 0 Å². The zero-order valence-corrected chi connectivity index (χ0v) is 33.0. The molecule has 280 valence electrons. The highest BCUT2D eigenvalue weighted by atomic mass is 32.1. The Labute approximate surface area is 349 Å². The molecule has 0 saturated carbocycles. The molecule has 0 fully saturated rings. The average molecular weight is 784 g/mol. The maximum absolute atomic E-state index is 6.75. The molecule has 3 aromatic heterocycles. The Balaban J connectivity index is 0.930. The SMILES string of the molecule is c1ccc(-c2nc(-c3ccccc3)nc(-c3ccc(-c4ccc(-c5cccc6oc7c8ccccc8c(-c8cccc9c8sc8ccccc89)cc7c56)cc4)cc3)n2)cc1. The van der Waals surface area contributed by atoms with E-state index in [2.05, 4.69) is 140 Å². The highest BCUT2D eigenvalue weighted by Crippen LogP contribution is 2.46. The average Bonchev–Trinajstić information content (AvgIpc) is 3.91. The van der Waals surface area contributed by atoms with Crippen molar-refractivity contribution in [3.63, 3.8) is 0 Å². The minimum absolute atomic E-state index is 0.640. The second kappa shape index (κ2) is 14.0. The van der Waals surface area contributed by atoms with E-state index in [1.54, 1.807) is 0 Å². The molecule has 0 radical (unpaired) electrons. The molecule has 5 heteroatoms. The maximum Gasteiger partial charge on any atom is 0.164 e. The van der Waals surface area contributed by atoms with Gasteiger partial charge in [-0.2, -0.15) is 0 Å². The first-order chi connectivity index (χ1) is 29.7. The molecule has 0 spiro atoms. The fourth-order valence-corrected chi connectivity index (χ4v) is 9.89. The lowest BCUT2D eigenvalue weighted by Gasteiger charge is -2.11. The predicted molar refractivity (Wildman–Crippen MR) is 250 cm³/mol. The van der Waals surface area contributed by atoms with Crippen LogP contribution in [0.25, 0.3) is 120 Å². The number of hydrogen-bond acceptors (Lipinski definition) is 5. The summed E-state index contributed by atoms with van der Waals surface area (Å²) >= 11 is 1.87. The predicted octanol–water partition coefficient (Wildman–Crippen LogP) is 15.3. The lowest BCUT2D eigenvalue weighted by molar-refractivity contribution is 0.673. The van der Waals surface area contributed by atoms with Crippen LogP contribution in [-0.4, -0.2) is 15.0 Å². The Morgan fingerprint density at radius 1 is 0.333 bits per heavy atom. The Bertz CT molecular complexity index is 3520. The number of aromatic nitrogens is 3. The highest BCUT2D eigenvalue weighted by Gasteiger charge is 2.20. The first-order valence-electron chi connectivity index (χ1n) is 20.1. The van der Waals surface area contributed by atoms with Crippen molar-refractivity contribution in [2.24, 2.45) is 0 Å². The monoisotopic (exact) mass is 783 g/mol. The van der Waals surface area contributed by atoms with E-state index in [0.717, 1.165) is 66.3 Å². The quantitative estimate of drug-likeness (QED) is 0.169. The van der Waals surface area contributed by atoms with Gasteiger partial charge < -0.3 is 4.42 Å². The van der Waals surface area contributed by atoms with Gasteiger partial charge in [-0.3, -0.25) is 0 Å². The van der Waals surface area contributed by atoms with Crippen molar-refractivity contribution < 1.29 is 4.42 Å². The molecular weight excluding hydrogens is 751 g/mol. The summed E-state index contributed by atoms with van der Waals surface area (Å²) in [5, 5.41) is 7.16. The molecule has 0 unspecified atom stereocenters. The Morgan fingerprint density at radius 3 is 1.50 bits per heavy atom. The first-order valence-corrected chi connectivity index (χ1v) is 20.9.